The minimum Gasteiger partial charge on any atom is -0.381 e. The molecule has 2 aromatic rings. The number of fused-ring (bicyclic) bond motifs is 4. The summed E-state index contributed by atoms with van der Waals surface area (Å²) in [5.74, 6) is 0. The van der Waals surface area contributed by atoms with Crippen LogP contribution < -0.4 is 4.90 Å². The van der Waals surface area contributed by atoms with E-state index in [2.05, 4.69) is 108 Å². The Bertz CT molecular complexity index is 1670. The third-order valence-electron chi connectivity index (χ3n) is 10.4. The number of rotatable bonds is 25. The molecule has 0 saturated carbocycles. The number of benzene rings is 1. The van der Waals surface area contributed by atoms with Crippen molar-refractivity contribution in [1.82, 2.24) is 24.8 Å². The highest BCUT2D eigenvalue weighted by Gasteiger charge is 2.27. The van der Waals surface area contributed by atoms with E-state index in [1.54, 1.807) is 0 Å². The van der Waals surface area contributed by atoms with Crippen LogP contribution in [0.2, 0.25) is 0 Å². The molecule has 1 aromatic heterocycles. The summed E-state index contributed by atoms with van der Waals surface area (Å²) in [5, 5.41) is 9.00. The van der Waals surface area contributed by atoms with E-state index >= 15 is 0 Å². The van der Waals surface area contributed by atoms with Crippen LogP contribution in [0.25, 0.3) is 16.8 Å². The van der Waals surface area contributed by atoms with E-state index in [9.17, 15) is 0 Å². The van der Waals surface area contributed by atoms with Gasteiger partial charge in [-0.05, 0) is 81.6 Å². The van der Waals surface area contributed by atoms with Crippen LogP contribution >= 0.6 is 0 Å². The van der Waals surface area contributed by atoms with Crippen LogP contribution in [0, 0.1) is 0 Å². The smallest absolute Gasteiger partial charge is 0.121 e. The second-order valence-corrected chi connectivity index (χ2v) is 14.6. The minimum absolute atomic E-state index is 0.687. The number of unbranched alkanes of at least 4 members (excludes halogenated alkanes) is 7. The van der Waals surface area contributed by atoms with Gasteiger partial charge in [0, 0.05) is 88.6 Å². The zero-order valence-corrected chi connectivity index (χ0v) is 33.1. The number of para-hydroxylation sites is 1. The van der Waals surface area contributed by atoms with Crippen LogP contribution in [0.5, 0.6) is 0 Å². The van der Waals surface area contributed by atoms with E-state index in [4.69, 9.17) is 12.6 Å². The van der Waals surface area contributed by atoms with Crippen LogP contribution in [-0.2, 0) is 11.8 Å². The molecule has 7 nitrogen and oxygen atoms in total. The minimum atomic E-state index is 0.687. The van der Waals surface area contributed by atoms with Crippen LogP contribution in [0.1, 0.15) is 95.6 Å². The summed E-state index contributed by atoms with van der Waals surface area (Å²) < 4.78 is 7.78. The second-order valence-electron chi connectivity index (χ2n) is 14.6. The van der Waals surface area contributed by atoms with Crippen molar-refractivity contribution in [3.05, 3.63) is 114 Å². The molecular weight excluding hydrogens is 651 g/mol. The molecule has 2 radical (unpaired) electrons. The molecule has 282 valence electrons. The molecule has 0 N–H and O–H groups in total. The Morgan fingerprint density at radius 3 is 2.25 bits per heavy atom. The van der Waals surface area contributed by atoms with Crippen molar-refractivity contribution in [1.29, 1.82) is 0 Å². The Morgan fingerprint density at radius 1 is 0.830 bits per heavy atom. The van der Waals surface area contributed by atoms with Crippen molar-refractivity contribution in [3.63, 3.8) is 0 Å². The van der Waals surface area contributed by atoms with Crippen LogP contribution in [0.15, 0.2) is 109 Å². The van der Waals surface area contributed by atoms with E-state index in [1.807, 2.05) is 23.9 Å². The van der Waals surface area contributed by atoms with Crippen molar-refractivity contribution in [2.75, 3.05) is 51.8 Å². The van der Waals surface area contributed by atoms with Gasteiger partial charge in [0.25, 0.3) is 0 Å². The maximum Gasteiger partial charge on any atom is 0.121 e. The largest absolute Gasteiger partial charge is 0.381 e. The second kappa shape index (κ2) is 22.1. The van der Waals surface area contributed by atoms with Crippen molar-refractivity contribution >= 4 is 19.1 Å². The number of ether oxygens (including phenoxy) is 1. The normalized spacial score (nSPS) is 13.2. The zero-order valence-electron chi connectivity index (χ0n) is 33.1. The monoisotopic (exact) mass is 715 g/mol. The first kappa shape index (κ1) is 41.5. The maximum absolute atomic E-state index is 5.91. The van der Waals surface area contributed by atoms with E-state index in [0.717, 1.165) is 116 Å². The van der Waals surface area contributed by atoms with Crippen LogP contribution in [0.3, 0.4) is 0 Å². The first-order valence-corrected chi connectivity index (χ1v) is 19.7. The number of hydrogen-bond acceptors (Lipinski definition) is 6. The summed E-state index contributed by atoms with van der Waals surface area (Å²) in [6, 6.07) is 8.52. The molecule has 1 aliphatic heterocycles. The van der Waals surface area contributed by atoms with Crippen LogP contribution in [-0.4, -0.2) is 79.6 Å². The Labute approximate surface area is 322 Å². The topological polar surface area (TPSA) is 49.7 Å². The number of aromatic nitrogens is 3. The van der Waals surface area contributed by atoms with Crippen molar-refractivity contribution < 1.29 is 4.74 Å². The molecule has 2 aliphatic rings. The first-order valence-electron chi connectivity index (χ1n) is 19.7. The van der Waals surface area contributed by atoms with Crippen molar-refractivity contribution in [2.24, 2.45) is 7.05 Å². The van der Waals surface area contributed by atoms with Gasteiger partial charge in [-0.25, -0.2) is 4.68 Å². The van der Waals surface area contributed by atoms with Gasteiger partial charge in [0.15, 0.2) is 0 Å². The lowest BCUT2D eigenvalue weighted by Crippen LogP contribution is -2.29. The van der Waals surface area contributed by atoms with Gasteiger partial charge in [-0.2, -0.15) is 0 Å². The number of hydrogen-bond donors (Lipinski definition) is 0. The Morgan fingerprint density at radius 2 is 1.49 bits per heavy atom. The van der Waals surface area contributed by atoms with Gasteiger partial charge < -0.3 is 19.4 Å². The molecular formula is C45H63BN6O. The molecule has 2 heterocycles. The predicted molar refractivity (Wildman–Crippen MR) is 226 cm³/mol. The molecule has 0 unspecified atom stereocenters. The van der Waals surface area contributed by atoms with E-state index in [-0.39, 0.29) is 0 Å². The average molecular weight is 715 g/mol. The van der Waals surface area contributed by atoms with E-state index < -0.39 is 0 Å². The molecule has 0 amide bonds. The average Bonchev–Trinajstić information content (AvgIpc) is 3.36. The molecule has 53 heavy (non-hydrogen) atoms. The zero-order chi connectivity index (χ0) is 38.0. The quantitative estimate of drug-likeness (QED) is 0.0580. The van der Waals surface area contributed by atoms with Crippen molar-refractivity contribution in [3.8, 4) is 11.3 Å². The molecule has 1 aromatic carbocycles. The summed E-state index contributed by atoms with van der Waals surface area (Å²) in [6.07, 6.45) is 23.8. The number of nitrogens with zero attached hydrogens (tertiary/aromatic N) is 6. The standard InChI is InChI=1S/C45H63BN6O/c1-36(46)23-22-25-38(3)49(5)31-19-13-21-34-53-33-20-11-9-8-10-14-24-37(2)50(6)32-30-39(4)52-35-40-26-15-12-16-27-41(40)44-45(51(7)48-47-44)42-28-17-18-29-43(42)52/h12,16-18,26-29H,1-4,8-11,13-14,19-25,30-35H2,5-7H3. The summed E-state index contributed by atoms with van der Waals surface area (Å²) in [7, 11) is 11.9. The molecule has 0 fully saturated rings. The van der Waals surface area contributed by atoms with Gasteiger partial charge in [-0.3, -0.25) is 0 Å². The Balaban J connectivity index is 1.08. The highest BCUT2D eigenvalue weighted by atomic mass is 16.5. The molecule has 1 aliphatic carbocycles. The third kappa shape index (κ3) is 13.0. The highest BCUT2D eigenvalue weighted by molar-refractivity contribution is 6.21. The highest BCUT2D eigenvalue weighted by Crippen LogP contribution is 2.40. The first-order chi connectivity index (χ1) is 25.7. The number of anilines is 1. The summed E-state index contributed by atoms with van der Waals surface area (Å²) in [5.41, 5.74) is 13.9. The summed E-state index contributed by atoms with van der Waals surface area (Å²) >= 11 is 0. The lowest BCUT2D eigenvalue weighted by molar-refractivity contribution is 0.125. The lowest BCUT2D eigenvalue weighted by Gasteiger charge is -2.32. The van der Waals surface area contributed by atoms with Gasteiger partial charge in [0.1, 0.15) is 13.5 Å². The van der Waals surface area contributed by atoms with Gasteiger partial charge >= 0.3 is 0 Å². The fraction of sp³-hybridized carbons (Fsp3) is 0.489. The van der Waals surface area contributed by atoms with Gasteiger partial charge in [0.05, 0.1) is 11.4 Å². The molecule has 0 bridgehead atoms. The molecule has 4 rings (SSSR count). The lowest BCUT2D eigenvalue weighted by atomic mass is 9.92. The maximum atomic E-state index is 5.91. The van der Waals surface area contributed by atoms with Gasteiger partial charge in [-0.15, -0.1) is 22.9 Å². The molecule has 8 heteroatoms. The summed E-state index contributed by atoms with van der Waals surface area (Å²) in [4.78, 5) is 6.93. The fourth-order valence-corrected chi connectivity index (χ4v) is 6.90. The van der Waals surface area contributed by atoms with Gasteiger partial charge in [-0.1, -0.05) is 81.0 Å². The van der Waals surface area contributed by atoms with Gasteiger partial charge in [0.2, 0.25) is 0 Å². The van der Waals surface area contributed by atoms with E-state index in [0.29, 0.717) is 6.54 Å². The summed E-state index contributed by atoms with van der Waals surface area (Å²) in [6.45, 7) is 21.4. The number of allylic oxidation sites excluding steroid dienone is 6. The predicted octanol–water partition coefficient (Wildman–Crippen LogP) is 9.90. The molecule has 0 saturated heterocycles. The SMILES string of the molecule is [B]C(=C)CCCC(=C)N(C)CCCCCOCCCCCCCCC(=C)N(C)CCC(=C)N1CC2=C(C=CC=C=C2)c2nnn(C)c2-c2ccccc21. The molecule has 0 spiro atoms. The number of aryl methyl sites for hydroxylation is 1. The third-order valence-corrected chi connectivity index (χ3v) is 10.4. The Kier molecular flexibility index (Phi) is 17.3. The van der Waals surface area contributed by atoms with E-state index in [1.165, 1.54) is 56.3 Å². The van der Waals surface area contributed by atoms with Crippen LogP contribution in [0.4, 0.5) is 5.69 Å². The fourth-order valence-electron chi connectivity index (χ4n) is 6.90. The Hall–Kier alpha value is -4.26. The van der Waals surface area contributed by atoms with Crippen molar-refractivity contribution in [2.45, 2.75) is 89.9 Å². The molecule has 0 atom stereocenters.